The Morgan fingerprint density at radius 3 is 2.76 bits per heavy atom. The number of imidazole rings is 1. The summed E-state index contributed by atoms with van der Waals surface area (Å²) in [4.78, 5) is 4.19. The number of hydrogen-bond acceptors (Lipinski definition) is 3. The van der Waals surface area contributed by atoms with Crippen molar-refractivity contribution in [1.82, 2.24) is 19.3 Å². The topological polar surface area (TPSA) is 61.7 Å². The lowest BCUT2D eigenvalue weighted by atomic mass is 10.0. The minimum absolute atomic E-state index is 0.0192. The molecule has 92 valence electrons. The monoisotopic (exact) mass is 233 g/mol. The van der Waals surface area contributed by atoms with E-state index in [9.17, 15) is 0 Å². The van der Waals surface area contributed by atoms with Crippen molar-refractivity contribution in [2.75, 3.05) is 0 Å². The Kier molecular flexibility index (Phi) is 3.28. The predicted octanol–water partition coefficient (Wildman–Crippen LogP) is 1.32. The average molecular weight is 233 g/mol. The van der Waals surface area contributed by atoms with E-state index < -0.39 is 0 Å². The highest BCUT2D eigenvalue weighted by Crippen LogP contribution is 2.19. The maximum absolute atomic E-state index is 6.17. The van der Waals surface area contributed by atoms with Gasteiger partial charge in [-0.3, -0.25) is 4.68 Å². The molecule has 2 aromatic heterocycles. The summed E-state index contributed by atoms with van der Waals surface area (Å²) in [6.45, 7) is 4.99. The third kappa shape index (κ3) is 2.39. The van der Waals surface area contributed by atoms with Crippen LogP contribution in [0.25, 0.3) is 0 Å². The molecule has 0 saturated carbocycles. The highest BCUT2D eigenvalue weighted by atomic mass is 15.3. The maximum Gasteiger partial charge on any atom is 0.0952 e. The van der Waals surface area contributed by atoms with Crippen LogP contribution in [0.5, 0.6) is 0 Å². The van der Waals surface area contributed by atoms with Gasteiger partial charge in [-0.05, 0) is 12.0 Å². The largest absolute Gasteiger partial charge is 0.327 e. The minimum atomic E-state index is 0.0192. The van der Waals surface area contributed by atoms with Gasteiger partial charge < -0.3 is 10.3 Å². The van der Waals surface area contributed by atoms with Gasteiger partial charge in [-0.1, -0.05) is 13.8 Å². The van der Waals surface area contributed by atoms with Crippen LogP contribution in [0.2, 0.25) is 0 Å². The minimum Gasteiger partial charge on any atom is -0.327 e. The Balaban J connectivity index is 2.23. The number of aromatic nitrogens is 4. The van der Waals surface area contributed by atoms with Gasteiger partial charge >= 0.3 is 0 Å². The van der Waals surface area contributed by atoms with Crippen LogP contribution in [0, 0.1) is 5.92 Å². The summed E-state index contributed by atoms with van der Waals surface area (Å²) in [6, 6.07) is 2.02. The smallest absolute Gasteiger partial charge is 0.0952 e. The van der Waals surface area contributed by atoms with E-state index in [-0.39, 0.29) is 6.04 Å². The first kappa shape index (κ1) is 11.9. The quantitative estimate of drug-likeness (QED) is 0.866. The Morgan fingerprint density at radius 1 is 1.41 bits per heavy atom. The molecule has 2 N–H and O–H groups in total. The van der Waals surface area contributed by atoms with Crippen molar-refractivity contribution in [2.24, 2.45) is 18.7 Å². The van der Waals surface area contributed by atoms with E-state index in [1.54, 1.807) is 6.20 Å². The molecule has 0 aliphatic carbocycles. The number of nitrogens with zero attached hydrogens (tertiary/aromatic N) is 4. The van der Waals surface area contributed by atoms with E-state index in [0.29, 0.717) is 5.92 Å². The highest BCUT2D eigenvalue weighted by molar-refractivity contribution is 5.09. The van der Waals surface area contributed by atoms with Gasteiger partial charge in [-0.15, -0.1) is 0 Å². The van der Waals surface area contributed by atoms with E-state index in [0.717, 1.165) is 17.9 Å². The van der Waals surface area contributed by atoms with Crippen LogP contribution in [0.4, 0.5) is 0 Å². The van der Waals surface area contributed by atoms with Crippen LogP contribution < -0.4 is 5.73 Å². The molecule has 1 unspecified atom stereocenters. The first-order valence-corrected chi connectivity index (χ1v) is 5.82. The fourth-order valence-electron chi connectivity index (χ4n) is 1.81. The zero-order chi connectivity index (χ0) is 12.4. The number of aryl methyl sites for hydroxylation is 1. The third-order valence-corrected chi connectivity index (χ3v) is 3.06. The lowest BCUT2D eigenvalue weighted by Gasteiger charge is -2.17. The molecule has 0 radical (unpaired) electrons. The van der Waals surface area contributed by atoms with Crippen molar-refractivity contribution in [3.63, 3.8) is 0 Å². The third-order valence-electron chi connectivity index (χ3n) is 3.06. The SMILES string of the molecule is CC(C)C(N)c1cncn1Cc1ccnn1C. The Bertz CT molecular complexity index is 483. The van der Waals surface area contributed by atoms with Crippen molar-refractivity contribution < 1.29 is 0 Å². The lowest BCUT2D eigenvalue weighted by Crippen LogP contribution is -2.21. The summed E-state index contributed by atoms with van der Waals surface area (Å²) >= 11 is 0. The zero-order valence-corrected chi connectivity index (χ0v) is 10.5. The van der Waals surface area contributed by atoms with Crippen LogP contribution in [-0.4, -0.2) is 19.3 Å². The highest BCUT2D eigenvalue weighted by Gasteiger charge is 2.15. The molecule has 0 fully saturated rings. The lowest BCUT2D eigenvalue weighted by molar-refractivity contribution is 0.481. The van der Waals surface area contributed by atoms with Gasteiger partial charge in [0.25, 0.3) is 0 Å². The van der Waals surface area contributed by atoms with Gasteiger partial charge in [0.15, 0.2) is 0 Å². The normalized spacial score (nSPS) is 13.2. The molecule has 5 nitrogen and oxygen atoms in total. The van der Waals surface area contributed by atoms with Gasteiger partial charge in [0.1, 0.15) is 0 Å². The van der Waals surface area contributed by atoms with E-state index in [2.05, 4.69) is 28.5 Å². The average Bonchev–Trinajstić information content (AvgIpc) is 2.88. The number of hydrogen-bond donors (Lipinski definition) is 1. The van der Waals surface area contributed by atoms with Crippen molar-refractivity contribution >= 4 is 0 Å². The van der Waals surface area contributed by atoms with Gasteiger partial charge in [-0.2, -0.15) is 5.10 Å². The molecule has 2 aromatic rings. The molecule has 0 bridgehead atoms. The van der Waals surface area contributed by atoms with Crippen molar-refractivity contribution in [3.05, 3.63) is 36.2 Å². The standard InChI is InChI=1S/C12H19N5/c1-9(2)12(13)11-6-14-8-17(11)7-10-4-5-15-16(10)3/h4-6,8-9,12H,7,13H2,1-3H3. The molecule has 5 heteroatoms. The summed E-state index contributed by atoms with van der Waals surface area (Å²) in [5.41, 5.74) is 8.38. The van der Waals surface area contributed by atoms with Crippen LogP contribution in [-0.2, 0) is 13.6 Å². The van der Waals surface area contributed by atoms with E-state index in [1.165, 1.54) is 0 Å². The summed E-state index contributed by atoms with van der Waals surface area (Å²) in [6.07, 6.45) is 5.47. The van der Waals surface area contributed by atoms with Crippen LogP contribution in [0.3, 0.4) is 0 Å². The van der Waals surface area contributed by atoms with E-state index in [4.69, 9.17) is 5.73 Å². The molecule has 1 atom stereocenters. The molecule has 0 aromatic carbocycles. The number of rotatable bonds is 4. The molecule has 2 heterocycles. The van der Waals surface area contributed by atoms with Crippen molar-refractivity contribution in [2.45, 2.75) is 26.4 Å². The molecule has 0 amide bonds. The molecule has 17 heavy (non-hydrogen) atoms. The molecule has 2 rings (SSSR count). The second kappa shape index (κ2) is 4.71. The van der Waals surface area contributed by atoms with Gasteiger partial charge in [0.05, 0.1) is 24.3 Å². The Morgan fingerprint density at radius 2 is 2.18 bits per heavy atom. The molecular weight excluding hydrogens is 214 g/mol. The van der Waals surface area contributed by atoms with Gasteiger partial charge in [0.2, 0.25) is 0 Å². The van der Waals surface area contributed by atoms with Crippen LogP contribution in [0.15, 0.2) is 24.8 Å². The predicted molar refractivity (Wildman–Crippen MR) is 66.3 cm³/mol. The second-order valence-electron chi connectivity index (χ2n) is 4.66. The molecular formula is C12H19N5. The van der Waals surface area contributed by atoms with Crippen molar-refractivity contribution in [3.8, 4) is 0 Å². The fraction of sp³-hybridized carbons (Fsp3) is 0.500. The molecule has 0 saturated heterocycles. The van der Waals surface area contributed by atoms with Gasteiger partial charge in [0, 0.05) is 25.5 Å². The second-order valence-corrected chi connectivity index (χ2v) is 4.66. The summed E-state index contributed by atoms with van der Waals surface area (Å²) in [5.74, 6) is 0.400. The molecule has 0 aliphatic heterocycles. The number of nitrogens with two attached hydrogens (primary N) is 1. The fourth-order valence-corrected chi connectivity index (χ4v) is 1.81. The van der Waals surface area contributed by atoms with Crippen molar-refractivity contribution in [1.29, 1.82) is 0 Å². The Labute approximate surface area is 101 Å². The van der Waals surface area contributed by atoms with Crippen LogP contribution in [0.1, 0.15) is 31.3 Å². The van der Waals surface area contributed by atoms with Gasteiger partial charge in [-0.25, -0.2) is 4.98 Å². The first-order chi connectivity index (χ1) is 8.09. The van der Waals surface area contributed by atoms with E-state index in [1.807, 2.05) is 30.3 Å². The van der Waals surface area contributed by atoms with Crippen LogP contribution >= 0.6 is 0 Å². The maximum atomic E-state index is 6.17. The summed E-state index contributed by atoms with van der Waals surface area (Å²) in [7, 11) is 1.94. The summed E-state index contributed by atoms with van der Waals surface area (Å²) < 4.78 is 3.95. The molecule has 0 spiro atoms. The Hall–Kier alpha value is -1.62. The first-order valence-electron chi connectivity index (χ1n) is 5.82. The summed E-state index contributed by atoms with van der Waals surface area (Å²) in [5, 5.41) is 4.16. The van der Waals surface area contributed by atoms with E-state index >= 15 is 0 Å². The molecule has 0 aliphatic rings. The zero-order valence-electron chi connectivity index (χ0n) is 10.5.